The lowest BCUT2D eigenvalue weighted by atomic mass is 9.99. The van der Waals surface area contributed by atoms with Gasteiger partial charge >= 0.3 is 10.2 Å². The van der Waals surface area contributed by atoms with Crippen molar-refractivity contribution in [3.63, 3.8) is 0 Å². The molecule has 19 heavy (non-hydrogen) atoms. The van der Waals surface area contributed by atoms with Crippen LogP contribution in [0.1, 0.15) is 18.5 Å². The van der Waals surface area contributed by atoms with E-state index in [1.807, 2.05) is 6.92 Å². The van der Waals surface area contributed by atoms with E-state index in [2.05, 4.69) is 9.71 Å². The summed E-state index contributed by atoms with van der Waals surface area (Å²) < 4.78 is 28.5. The predicted octanol–water partition coefficient (Wildman–Crippen LogP) is 0.717. The average Bonchev–Trinajstić information content (AvgIpc) is 2.38. The van der Waals surface area contributed by atoms with Crippen molar-refractivity contribution in [3.8, 4) is 0 Å². The van der Waals surface area contributed by atoms with Gasteiger partial charge in [-0.05, 0) is 44.4 Å². The Labute approximate surface area is 114 Å². The number of aryl methyl sites for hydroxylation is 1. The van der Waals surface area contributed by atoms with E-state index < -0.39 is 10.2 Å². The van der Waals surface area contributed by atoms with Crippen LogP contribution in [-0.2, 0) is 10.2 Å². The Kier molecular flexibility index (Phi) is 4.38. The van der Waals surface area contributed by atoms with Gasteiger partial charge in [-0.25, -0.2) is 0 Å². The fourth-order valence-electron chi connectivity index (χ4n) is 2.21. The molecule has 7 heteroatoms. The van der Waals surface area contributed by atoms with Gasteiger partial charge < -0.3 is 5.73 Å². The third-order valence-electron chi connectivity index (χ3n) is 3.39. The van der Waals surface area contributed by atoms with Crippen molar-refractivity contribution in [1.82, 2.24) is 9.29 Å². The first-order chi connectivity index (χ1) is 9.01. The third kappa shape index (κ3) is 3.65. The van der Waals surface area contributed by atoms with Gasteiger partial charge in [0.25, 0.3) is 0 Å². The highest BCUT2D eigenvalue weighted by Crippen LogP contribution is 2.20. The van der Waals surface area contributed by atoms with Crippen LogP contribution < -0.4 is 10.5 Å². The summed E-state index contributed by atoms with van der Waals surface area (Å²) >= 11 is 0. The molecule has 0 radical (unpaired) electrons. The zero-order valence-electron chi connectivity index (χ0n) is 11.0. The van der Waals surface area contributed by atoms with Gasteiger partial charge in [-0.2, -0.15) is 12.7 Å². The summed E-state index contributed by atoms with van der Waals surface area (Å²) in [5, 5.41) is 0. The molecule has 3 N–H and O–H groups in total. The van der Waals surface area contributed by atoms with E-state index in [9.17, 15) is 8.42 Å². The van der Waals surface area contributed by atoms with E-state index >= 15 is 0 Å². The lowest BCUT2D eigenvalue weighted by Gasteiger charge is -2.30. The van der Waals surface area contributed by atoms with Gasteiger partial charge in [0.15, 0.2) is 0 Å². The Morgan fingerprint density at radius 3 is 2.74 bits per heavy atom. The van der Waals surface area contributed by atoms with Gasteiger partial charge in [-0.15, -0.1) is 0 Å². The first-order valence-corrected chi connectivity index (χ1v) is 7.86. The van der Waals surface area contributed by atoms with Gasteiger partial charge in [-0.1, -0.05) is 0 Å². The molecule has 2 heterocycles. The largest absolute Gasteiger partial charge is 0.330 e. The molecule has 1 fully saturated rings. The van der Waals surface area contributed by atoms with Crippen LogP contribution in [0.3, 0.4) is 0 Å². The second kappa shape index (κ2) is 5.85. The van der Waals surface area contributed by atoms with E-state index in [-0.39, 0.29) is 0 Å². The van der Waals surface area contributed by atoms with Crippen LogP contribution in [-0.4, -0.2) is 37.3 Å². The molecule has 0 unspecified atom stereocenters. The molecule has 0 spiro atoms. The maximum atomic E-state index is 12.2. The first kappa shape index (κ1) is 14.2. The van der Waals surface area contributed by atoms with E-state index in [1.54, 1.807) is 18.3 Å². The van der Waals surface area contributed by atoms with E-state index in [4.69, 9.17) is 5.73 Å². The molecule has 6 nitrogen and oxygen atoms in total. The van der Waals surface area contributed by atoms with Crippen molar-refractivity contribution in [2.45, 2.75) is 19.8 Å². The lowest BCUT2D eigenvalue weighted by molar-refractivity contribution is 0.280. The Morgan fingerprint density at radius 1 is 1.47 bits per heavy atom. The van der Waals surface area contributed by atoms with Gasteiger partial charge in [-0.3, -0.25) is 9.71 Å². The monoisotopic (exact) mass is 284 g/mol. The van der Waals surface area contributed by atoms with E-state index in [0.717, 1.165) is 18.5 Å². The second-order valence-corrected chi connectivity index (χ2v) is 6.54. The summed E-state index contributed by atoms with van der Waals surface area (Å²) in [6.07, 6.45) is 3.24. The molecule has 0 saturated carbocycles. The normalized spacial score (nSPS) is 18.4. The Hall–Kier alpha value is -1.18. The number of nitrogens with one attached hydrogen (secondary N) is 1. The van der Waals surface area contributed by atoms with Crippen molar-refractivity contribution in [2.24, 2.45) is 11.7 Å². The highest BCUT2D eigenvalue weighted by Gasteiger charge is 2.27. The maximum Gasteiger partial charge on any atom is 0.301 e. The third-order valence-corrected chi connectivity index (χ3v) is 4.93. The van der Waals surface area contributed by atoms with Crippen molar-refractivity contribution in [3.05, 3.63) is 24.0 Å². The molecule has 1 aromatic rings. The molecule has 1 saturated heterocycles. The maximum absolute atomic E-state index is 12.2. The minimum Gasteiger partial charge on any atom is -0.330 e. The van der Waals surface area contributed by atoms with E-state index in [0.29, 0.717) is 31.2 Å². The average molecular weight is 284 g/mol. The van der Waals surface area contributed by atoms with Crippen LogP contribution in [0.2, 0.25) is 0 Å². The summed E-state index contributed by atoms with van der Waals surface area (Å²) in [4.78, 5) is 4.04. The molecule has 106 valence electrons. The van der Waals surface area contributed by atoms with Gasteiger partial charge in [0.1, 0.15) is 0 Å². The Balaban J connectivity index is 2.03. The van der Waals surface area contributed by atoms with Crippen LogP contribution in [0.5, 0.6) is 0 Å². The molecular weight excluding hydrogens is 264 g/mol. The Bertz CT molecular complexity index is 524. The molecule has 0 bridgehead atoms. The highest BCUT2D eigenvalue weighted by molar-refractivity contribution is 7.90. The second-order valence-electron chi connectivity index (χ2n) is 4.87. The fourth-order valence-corrected chi connectivity index (χ4v) is 3.45. The minimum atomic E-state index is -3.47. The van der Waals surface area contributed by atoms with E-state index in [1.165, 1.54) is 4.31 Å². The highest BCUT2D eigenvalue weighted by atomic mass is 32.2. The van der Waals surface area contributed by atoms with Crippen molar-refractivity contribution >= 4 is 15.9 Å². The molecule has 1 aliphatic rings. The summed E-state index contributed by atoms with van der Waals surface area (Å²) in [7, 11) is -3.47. The quantitative estimate of drug-likeness (QED) is 0.852. The summed E-state index contributed by atoms with van der Waals surface area (Å²) in [5.41, 5.74) is 6.94. The van der Waals surface area contributed by atoms with Gasteiger partial charge in [0.05, 0.1) is 5.69 Å². The molecule has 0 aliphatic carbocycles. The number of nitrogens with two attached hydrogens (primary N) is 1. The predicted molar refractivity (Wildman–Crippen MR) is 74.9 cm³/mol. The van der Waals surface area contributed by atoms with Gasteiger partial charge in [0, 0.05) is 25.0 Å². The zero-order valence-corrected chi connectivity index (χ0v) is 11.9. The zero-order chi connectivity index (χ0) is 13.9. The molecular formula is C12H20N4O2S. The standard InChI is InChI=1S/C12H20N4O2S/c1-10-8-12(2-5-14-10)15-19(17,18)16-6-3-11(9-13)4-7-16/h2,5,8,11H,3-4,6-7,9,13H2,1H3,(H,14,15). The minimum absolute atomic E-state index is 0.439. The van der Waals surface area contributed by atoms with Crippen molar-refractivity contribution in [2.75, 3.05) is 24.4 Å². The Morgan fingerprint density at radius 2 is 2.16 bits per heavy atom. The number of nitrogens with zero attached hydrogens (tertiary/aromatic N) is 2. The van der Waals surface area contributed by atoms with Crippen LogP contribution >= 0.6 is 0 Å². The molecule has 0 amide bonds. The number of hydrogen-bond donors (Lipinski definition) is 2. The van der Waals surface area contributed by atoms with Crippen LogP contribution in [0.15, 0.2) is 18.3 Å². The smallest absolute Gasteiger partial charge is 0.301 e. The number of aromatic nitrogens is 1. The molecule has 1 aromatic heterocycles. The van der Waals surface area contributed by atoms with Crippen molar-refractivity contribution in [1.29, 1.82) is 0 Å². The number of pyridine rings is 1. The SMILES string of the molecule is Cc1cc(NS(=O)(=O)N2CCC(CN)CC2)ccn1. The molecule has 2 rings (SSSR count). The summed E-state index contributed by atoms with van der Waals surface area (Å²) in [5.74, 6) is 0.439. The number of rotatable bonds is 4. The van der Waals surface area contributed by atoms with Gasteiger partial charge in [0.2, 0.25) is 0 Å². The number of anilines is 1. The first-order valence-electron chi connectivity index (χ1n) is 6.42. The summed E-state index contributed by atoms with van der Waals surface area (Å²) in [6, 6.07) is 3.36. The molecule has 0 aromatic carbocycles. The molecule has 0 atom stereocenters. The summed E-state index contributed by atoms with van der Waals surface area (Å²) in [6.45, 7) is 3.51. The number of piperidine rings is 1. The van der Waals surface area contributed by atoms with Crippen LogP contribution in [0.25, 0.3) is 0 Å². The van der Waals surface area contributed by atoms with Crippen molar-refractivity contribution < 1.29 is 8.42 Å². The fraction of sp³-hybridized carbons (Fsp3) is 0.583. The molecule has 1 aliphatic heterocycles. The van der Waals surface area contributed by atoms with Crippen LogP contribution in [0, 0.1) is 12.8 Å². The topological polar surface area (TPSA) is 88.3 Å². The number of hydrogen-bond acceptors (Lipinski definition) is 4. The van der Waals surface area contributed by atoms with Crippen LogP contribution in [0.4, 0.5) is 5.69 Å². The lowest BCUT2D eigenvalue weighted by Crippen LogP contribution is -2.42.